The number of allylic oxidation sites excluding steroid dienone is 1. The van der Waals surface area contributed by atoms with Gasteiger partial charge in [-0.05, 0) is 44.0 Å². The second-order valence-electron chi connectivity index (χ2n) is 6.44. The number of fused-ring (bicyclic) bond motifs is 1. The van der Waals surface area contributed by atoms with Crippen molar-refractivity contribution in [2.75, 3.05) is 0 Å². The van der Waals surface area contributed by atoms with Gasteiger partial charge in [-0.15, -0.1) is 0 Å². The molecule has 0 radical (unpaired) electrons. The molecule has 2 nitrogen and oxygen atoms in total. The summed E-state index contributed by atoms with van der Waals surface area (Å²) in [6.07, 6.45) is 4.19. The van der Waals surface area contributed by atoms with Gasteiger partial charge in [0.05, 0.1) is 11.6 Å². The van der Waals surface area contributed by atoms with Gasteiger partial charge in [-0.2, -0.15) is 0 Å². The fourth-order valence-electron chi connectivity index (χ4n) is 3.06. The summed E-state index contributed by atoms with van der Waals surface area (Å²) in [5.41, 5.74) is 4.90. The molecule has 2 atom stereocenters. The molecule has 0 aliphatic carbocycles. The van der Waals surface area contributed by atoms with Crippen molar-refractivity contribution in [1.29, 1.82) is 0 Å². The Labute approximate surface area is 158 Å². The summed E-state index contributed by atoms with van der Waals surface area (Å²) < 4.78 is 0. The van der Waals surface area contributed by atoms with E-state index in [2.05, 4.69) is 91.7 Å². The summed E-state index contributed by atoms with van der Waals surface area (Å²) in [5.74, 6) is 0. The molecule has 26 heavy (non-hydrogen) atoms. The Kier molecular flexibility index (Phi) is 7.55. The van der Waals surface area contributed by atoms with Gasteiger partial charge in [-0.1, -0.05) is 74.0 Å². The average Bonchev–Trinajstić information content (AvgIpc) is 2.69. The lowest BCUT2D eigenvalue weighted by atomic mass is 9.98. The Balaban J connectivity index is 0.00000117. The second-order valence-corrected chi connectivity index (χ2v) is 6.44. The third kappa shape index (κ3) is 5.03. The molecule has 0 aliphatic rings. The maximum atomic E-state index is 4.49. The number of rotatable bonds is 5. The molecule has 1 heterocycles. The van der Waals surface area contributed by atoms with E-state index in [1.165, 1.54) is 22.1 Å². The highest BCUT2D eigenvalue weighted by Gasteiger charge is 2.15. The molecule has 3 aromatic rings. The molecular formula is C24H30N2. The van der Waals surface area contributed by atoms with Gasteiger partial charge in [0.25, 0.3) is 0 Å². The molecule has 3 rings (SSSR count). The summed E-state index contributed by atoms with van der Waals surface area (Å²) in [7, 11) is 0. The van der Waals surface area contributed by atoms with Crippen LogP contribution in [-0.4, -0.2) is 4.98 Å². The Bertz CT molecular complexity index is 828. The van der Waals surface area contributed by atoms with Crippen molar-refractivity contribution < 1.29 is 0 Å². The average molecular weight is 347 g/mol. The Morgan fingerprint density at radius 2 is 1.58 bits per heavy atom. The first-order chi connectivity index (χ1) is 12.6. The van der Waals surface area contributed by atoms with Crippen LogP contribution in [0.25, 0.3) is 10.9 Å². The summed E-state index contributed by atoms with van der Waals surface area (Å²) >= 11 is 0. The van der Waals surface area contributed by atoms with E-state index in [-0.39, 0.29) is 12.1 Å². The van der Waals surface area contributed by atoms with Crippen LogP contribution in [0.4, 0.5) is 0 Å². The largest absolute Gasteiger partial charge is 0.300 e. The monoisotopic (exact) mass is 346 g/mol. The van der Waals surface area contributed by atoms with Crippen LogP contribution in [0.15, 0.2) is 78.5 Å². The smallest absolute Gasteiger partial charge is 0.0705 e. The number of nitrogens with zero attached hydrogens (tertiary/aromatic N) is 1. The predicted octanol–water partition coefficient (Wildman–Crippen LogP) is 6.62. The molecule has 0 amide bonds. The van der Waals surface area contributed by atoms with E-state index < -0.39 is 0 Å². The first-order valence-electron chi connectivity index (χ1n) is 9.45. The highest BCUT2D eigenvalue weighted by atomic mass is 14.9. The Morgan fingerprint density at radius 1 is 0.923 bits per heavy atom. The first kappa shape index (κ1) is 19.9. The Morgan fingerprint density at radius 3 is 2.27 bits per heavy atom. The number of hydrogen-bond acceptors (Lipinski definition) is 2. The molecule has 0 aliphatic heterocycles. The maximum Gasteiger partial charge on any atom is 0.0705 e. The molecule has 0 saturated carbocycles. The fraction of sp³-hybridized carbons (Fsp3) is 0.292. The summed E-state index contributed by atoms with van der Waals surface area (Å²) in [5, 5.41) is 4.97. The van der Waals surface area contributed by atoms with Crippen LogP contribution in [0.1, 0.15) is 57.8 Å². The number of pyridine rings is 1. The van der Waals surface area contributed by atoms with Gasteiger partial charge >= 0.3 is 0 Å². The summed E-state index contributed by atoms with van der Waals surface area (Å²) in [6, 6.07) is 21.4. The molecule has 0 fully saturated rings. The zero-order valence-electron chi connectivity index (χ0n) is 16.5. The van der Waals surface area contributed by atoms with Crippen LogP contribution in [-0.2, 0) is 0 Å². The number of aromatic nitrogens is 1. The number of benzene rings is 2. The molecule has 136 valence electrons. The topological polar surface area (TPSA) is 24.9 Å². The zero-order valence-corrected chi connectivity index (χ0v) is 16.5. The normalized spacial score (nSPS) is 12.7. The molecule has 0 saturated heterocycles. The third-order valence-corrected chi connectivity index (χ3v) is 4.25. The van der Waals surface area contributed by atoms with Crippen molar-refractivity contribution in [3.05, 3.63) is 89.6 Å². The van der Waals surface area contributed by atoms with Crippen molar-refractivity contribution >= 4 is 10.9 Å². The van der Waals surface area contributed by atoms with E-state index in [0.29, 0.717) is 0 Å². The van der Waals surface area contributed by atoms with Crippen LogP contribution >= 0.6 is 0 Å². The first-order valence-corrected chi connectivity index (χ1v) is 9.45. The van der Waals surface area contributed by atoms with Gasteiger partial charge in [-0.25, -0.2) is 0 Å². The van der Waals surface area contributed by atoms with Crippen molar-refractivity contribution in [1.82, 2.24) is 10.3 Å². The highest BCUT2D eigenvalue weighted by molar-refractivity contribution is 5.82. The van der Waals surface area contributed by atoms with E-state index in [1.807, 2.05) is 26.1 Å². The van der Waals surface area contributed by atoms with Crippen molar-refractivity contribution in [2.45, 2.75) is 46.7 Å². The van der Waals surface area contributed by atoms with Gasteiger partial charge in [0.2, 0.25) is 0 Å². The molecule has 2 heteroatoms. The highest BCUT2D eigenvalue weighted by Crippen LogP contribution is 2.27. The van der Waals surface area contributed by atoms with Crippen LogP contribution < -0.4 is 5.32 Å². The SMILES string of the molecule is CC.CC(C)=CC(NC(C)c1ccccc1)c1ccnc2ccccc12. The van der Waals surface area contributed by atoms with Gasteiger partial charge in [0, 0.05) is 17.6 Å². The minimum atomic E-state index is 0.151. The lowest BCUT2D eigenvalue weighted by molar-refractivity contribution is 0.527. The van der Waals surface area contributed by atoms with Crippen LogP contribution in [0.5, 0.6) is 0 Å². The van der Waals surface area contributed by atoms with Crippen LogP contribution in [0.2, 0.25) is 0 Å². The molecule has 1 aromatic heterocycles. The quantitative estimate of drug-likeness (QED) is 0.525. The zero-order chi connectivity index (χ0) is 18.9. The van der Waals surface area contributed by atoms with Crippen molar-refractivity contribution in [3.63, 3.8) is 0 Å². The maximum absolute atomic E-state index is 4.49. The predicted molar refractivity (Wildman–Crippen MR) is 113 cm³/mol. The standard InChI is InChI=1S/C22H24N2.C2H6/c1-16(2)15-22(24-17(3)18-9-5-4-6-10-18)20-13-14-23-21-12-8-7-11-19(20)21;1-2/h4-15,17,22,24H,1-3H3;1-2H3. The lowest BCUT2D eigenvalue weighted by Crippen LogP contribution is -2.24. The molecule has 1 N–H and O–H groups in total. The Hall–Kier alpha value is -2.45. The van der Waals surface area contributed by atoms with E-state index >= 15 is 0 Å². The fourth-order valence-corrected chi connectivity index (χ4v) is 3.06. The van der Waals surface area contributed by atoms with E-state index in [9.17, 15) is 0 Å². The summed E-state index contributed by atoms with van der Waals surface area (Å²) in [6.45, 7) is 10.5. The van der Waals surface area contributed by atoms with Crippen LogP contribution in [0, 0.1) is 0 Å². The molecule has 2 unspecified atom stereocenters. The number of para-hydroxylation sites is 1. The minimum absolute atomic E-state index is 0.151. The van der Waals surface area contributed by atoms with Crippen molar-refractivity contribution in [3.8, 4) is 0 Å². The van der Waals surface area contributed by atoms with Crippen molar-refractivity contribution in [2.24, 2.45) is 0 Å². The van der Waals surface area contributed by atoms with E-state index in [0.717, 1.165) is 5.52 Å². The van der Waals surface area contributed by atoms with E-state index in [4.69, 9.17) is 0 Å². The van der Waals surface area contributed by atoms with Gasteiger partial charge in [0.1, 0.15) is 0 Å². The second kappa shape index (κ2) is 9.88. The van der Waals surface area contributed by atoms with E-state index in [1.54, 1.807) is 0 Å². The molecule has 0 bridgehead atoms. The molecular weight excluding hydrogens is 316 g/mol. The van der Waals surface area contributed by atoms with Gasteiger partial charge < -0.3 is 5.32 Å². The number of hydrogen-bond donors (Lipinski definition) is 1. The lowest BCUT2D eigenvalue weighted by Gasteiger charge is -2.23. The van der Waals surface area contributed by atoms with Crippen LogP contribution in [0.3, 0.4) is 0 Å². The van der Waals surface area contributed by atoms with Gasteiger partial charge in [-0.3, -0.25) is 4.98 Å². The number of nitrogens with one attached hydrogen (secondary N) is 1. The molecule has 0 spiro atoms. The third-order valence-electron chi connectivity index (χ3n) is 4.25. The molecule has 2 aromatic carbocycles. The summed E-state index contributed by atoms with van der Waals surface area (Å²) in [4.78, 5) is 4.49. The minimum Gasteiger partial charge on any atom is -0.300 e. The van der Waals surface area contributed by atoms with Gasteiger partial charge in [0.15, 0.2) is 0 Å².